The summed E-state index contributed by atoms with van der Waals surface area (Å²) in [6.45, 7) is 2.22. The Morgan fingerprint density at radius 1 is 1.50 bits per heavy atom. The van der Waals surface area contributed by atoms with Gasteiger partial charge < -0.3 is 0 Å². The van der Waals surface area contributed by atoms with E-state index >= 15 is 0 Å². The minimum Gasteiger partial charge on any atom is -0.160 e. The summed E-state index contributed by atoms with van der Waals surface area (Å²) in [6.07, 6.45) is 0. The first-order chi connectivity index (χ1) is 4.93. The van der Waals surface area contributed by atoms with Crippen LogP contribution in [0.3, 0.4) is 0 Å². The highest BCUT2D eigenvalue weighted by Crippen LogP contribution is 2.38. The maximum atomic E-state index is 2.22. The molecule has 1 aliphatic heterocycles. The van der Waals surface area contributed by atoms with Crippen LogP contribution in [0.15, 0.2) is 0 Å². The molecule has 4 heteroatoms. The van der Waals surface area contributed by atoms with Crippen LogP contribution < -0.4 is 0 Å². The van der Waals surface area contributed by atoms with Gasteiger partial charge in [-0.25, -0.2) is 0 Å². The van der Waals surface area contributed by atoms with E-state index in [1.54, 1.807) is 0 Å². The minimum absolute atomic E-state index is 0.965. The molecule has 0 amide bonds. The van der Waals surface area contributed by atoms with E-state index in [1.165, 1.54) is 22.3 Å². The maximum Gasteiger partial charge on any atom is 0.0496 e. The standard InChI is InChI=1S/C6H12S4/c1-2-7-5-9-10-6-3-8-4-6/h6H,2-5H2,1H3. The number of hydrogen-bond acceptors (Lipinski definition) is 4. The van der Waals surface area contributed by atoms with E-state index in [0.717, 1.165) is 5.25 Å². The van der Waals surface area contributed by atoms with Crippen LogP contribution in [0.25, 0.3) is 0 Å². The van der Waals surface area contributed by atoms with E-state index in [2.05, 4.69) is 29.5 Å². The van der Waals surface area contributed by atoms with Crippen molar-refractivity contribution < 1.29 is 0 Å². The molecular formula is C6H12S4. The summed E-state index contributed by atoms with van der Waals surface area (Å²) in [5.41, 5.74) is 0. The molecule has 1 rings (SSSR count). The second-order valence-electron chi connectivity index (χ2n) is 1.98. The highest BCUT2D eigenvalue weighted by atomic mass is 33.1. The van der Waals surface area contributed by atoms with Gasteiger partial charge in [-0.1, -0.05) is 28.5 Å². The van der Waals surface area contributed by atoms with Crippen molar-refractivity contribution in [2.75, 3.05) is 22.3 Å². The lowest BCUT2D eigenvalue weighted by molar-refractivity contribution is 1.09. The number of thioether (sulfide) groups is 2. The summed E-state index contributed by atoms with van der Waals surface area (Å²) in [7, 11) is 4.11. The second-order valence-corrected chi connectivity index (χ2v) is 7.37. The summed E-state index contributed by atoms with van der Waals surface area (Å²) in [6, 6.07) is 0. The van der Waals surface area contributed by atoms with Gasteiger partial charge in [-0.05, 0) is 5.75 Å². The fraction of sp³-hybridized carbons (Fsp3) is 1.00. The third-order valence-corrected chi connectivity index (χ3v) is 7.14. The third-order valence-electron chi connectivity index (χ3n) is 1.15. The van der Waals surface area contributed by atoms with E-state index in [0.29, 0.717) is 0 Å². The predicted molar refractivity (Wildman–Crippen MR) is 59.3 cm³/mol. The van der Waals surface area contributed by atoms with E-state index in [4.69, 9.17) is 0 Å². The first kappa shape index (κ1) is 9.49. The normalized spacial score (nSPS) is 18.9. The van der Waals surface area contributed by atoms with Gasteiger partial charge in [-0.2, -0.15) is 23.5 Å². The van der Waals surface area contributed by atoms with Crippen LogP contribution in [-0.2, 0) is 0 Å². The Morgan fingerprint density at radius 2 is 2.30 bits per heavy atom. The molecule has 1 aliphatic rings. The molecule has 1 saturated heterocycles. The van der Waals surface area contributed by atoms with Gasteiger partial charge in [0, 0.05) is 21.8 Å². The van der Waals surface area contributed by atoms with Crippen LogP contribution >= 0.6 is 45.1 Å². The lowest BCUT2D eigenvalue weighted by atomic mass is 10.5. The van der Waals surface area contributed by atoms with E-state index < -0.39 is 0 Å². The van der Waals surface area contributed by atoms with Crippen LogP contribution in [0.4, 0.5) is 0 Å². The second kappa shape index (κ2) is 5.98. The molecular weight excluding hydrogens is 200 g/mol. The average molecular weight is 212 g/mol. The van der Waals surface area contributed by atoms with Crippen molar-refractivity contribution in [1.29, 1.82) is 0 Å². The van der Waals surface area contributed by atoms with Crippen LogP contribution in [0.1, 0.15) is 6.92 Å². The molecule has 60 valence electrons. The molecule has 0 aliphatic carbocycles. The molecule has 0 nitrogen and oxygen atoms in total. The van der Waals surface area contributed by atoms with Crippen molar-refractivity contribution in [3.05, 3.63) is 0 Å². The zero-order valence-corrected chi connectivity index (χ0v) is 9.30. The Hall–Kier alpha value is 1.40. The van der Waals surface area contributed by atoms with Crippen molar-refractivity contribution in [3.8, 4) is 0 Å². The van der Waals surface area contributed by atoms with Gasteiger partial charge in [-0.15, -0.1) is 0 Å². The van der Waals surface area contributed by atoms with Gasteiger partial charge >= 0.3 is 0 Å². The van der Waals surface area contributed by atoms with Crippen LogP contribution in [-0.4, -0.2) is 27.6 Å². The summed E-state index contributed by atoms with van der Waals surface area (Å²) in [4.78, 5) is 0. The fourth-order valence-electron chi connectivity index (χ4n) is 0.511. The molecule has 0 bridgehead atoms. The molecule has 1 heterocycles. The number of hydrogen-bond donors (Lipinski definition) is 0. The van der Waals surface area contributed by atoms with Gasteiger partial charge in [-0.3, -0.25) is 0 Å². The lowest BCUT2D eigenvalue weighted by Crippen LogP contribution is -2.19. The van der Waals surface area contributed by atoms with Gasteiger partial charge in [0.15, 0.2) is 0 Å². The molecule has 0 radical (unpaired) electrons. The molecule has 0 unspecified atom stereocenters. The fourth-order valence-corrected chi connectivity index (χ4v) is 6.00. The number of rotatable bonds is 5. The van der Waals surface area contributed by atoms with Gasteiger partial charge in [0.05, 0.1) is 0 Å². The van der Waals surface area contributed by atoms with Crippen molar-refractivity contribution >= 4 is 45.1 Å². The Morgan fingerprint density at radius 3 is 2.80 bits per heavy atom. The SMILES string of the molecule is CCSCSSC1CSC1. The summed E-state index contributed by atoms with van der Waals surface area (Å²) < 4.78 is 0. The Labute approximate surface area is 79.5 Å². The average Bonchev–Trinajstić information content (AvgIpc) is 1.84. The lowest BCUT2D eigenvalue weighted by Gasteiger charge is -2.22. The highest BCUT2D eigenvalue weighted by Gasteiger charge is 2.18. The quantitative estimate of drug-likeness (QED) is 0.390. The highest BCUT2D eigenvalue weighted by molar-refractivity contribution is 8.78. The van der Waals surface area contributed by atoms with Crippen molar-refractivity contribution in [1.82, 2.24) is 0 Å². The van der Waals surface area contributed by atoms with Gasteiger partial charge in [0.25, 0.3) is 0 Å². The predicted octanol–water partition coefficient (Wildman–Crippen LogP) is 3.19. The van der Waals surface area contributed by atoms with Crippen molar-refractivity contribution in [3.63, 3.8) is 0 Å². The summed E-state index contributed by atoms with van der Waals surface area (Å²) in [5.74, 6) is 4.02. The third kappa shape index (κ3) is 3.69. The molecule has 0 aromatic heterocycles. The van der Waals surface area contributed by atoms with Gasteiger partial charge in [0.2, 0.25) is 0 Å². The molecule has 0 N–H and O–H groups in total. The monoisotopic (exact) mass is 212 g/mol. The Balaban J connectivity index is 1.76. The van der Waals surface area contributed by atoms with E-state index in [-0.39, 0.29) is 0 Å². The van der Waals surface area contributed by atoms with Crippen LogP contribution in [0, 0.1) is 0 Å². The molecule has 0 aromatic carbocycles. The molecule has 1 fully saturated rings. The van der Waals surface area contributed by atoms with Crippen LogP contribution in [0.2, 0.25) is 0 Å². The zero-order valence-electron chi connectivity index (χ0n) is 6.04. The zero-order chi connectivity index (χ0) is 7.23. The summed E-state index contributed by atoms with van der Waals surface area (Å²) in [5, 5.41) is 2.23. The first-order valence-corrected chi connectivity index (χ1v) is 8.06. The largest absolute Gasteiger partial charge is 0.160 e. The van der Waals surface area contributed by atoms with Crippen molar-refractivity contribution in [2.24, 2.45) is 0 Å². The Bertz CT molecular complexity index is 81.8. The molecule has 0 spiro atoms. The molecule has 0 aromatic rings. The topological polar surface area (TPSA) is 0 Å². The van der Waals surface area contributed by atoms with Crippen molar-refractivity contribution in [2.45, 2.75) is 12.2 Å². The minimum atomic E-state index is 0.965. The first-order valence-electron chi connectivity index (χ1n) is 3.37. The molecule has 0 saturated carbocycles. The maximum absolute atomic E-state index is 2.22. The molecule has 0 atom stereocenters. The van der Waals surface area contributed by atoms with E-state index in [9.17, 15) is 0 Å². The summed E-state index contributed by atoms with van der Waals surface area (Å²) >= 11 is 4.09. The van der Waals surface area contributed by atoms with Crippen LogP contribution in [0.5, 0.6) is 0 Å². The molecule has 10 heavy (non-hydrogen) atoms. The van der Waals surface area contributed by atoms with Gasteiger partial charge in [0.1, 0.15) is 0 Å². The van der Waals surface area contributed by atoms with E-state index in [1.807, 2.05) is 22.6 Å². The Kier molecular flexibility index (Phi) is 5.67. The smallest absolute Gasteiger partial charge is 0.0496 e.